The van der Waals surface area contributed by atoms with Gasteiger partial charge in [0.25, 0.3) is 0 Å². The number of carbonyl (C=O) groups is 5. The van der Waals surface area contributed by atoms with Crippen LogP contribution in [0, 0.1) is 0 Å². The minimum Gasteiger partial charge on any atom is -0.480 e. The van der Waals surface area contributed by atoms with E-state index in [1.54, 1.807) is 0 Å². The average Bonchev–Trinajstić information content (AvgIpc) is 3.22. The highest BCUT2D eigenvalue weighted by Gasteiger charge is 2.36. The summed E-state index contributed by atoms with van der Waals surface area (Å²) >= 11 is 0. The van der Waals surface area contributed by atoms with Crippen molar-refractivity contribution in [2.24, 2.45) is 5.73 Å². The number of hydrogen-bond donors (Lipinski definition) is 4. The summed E-state index contributed by atoms with van der Waals surface area (Å²) < 4.78 is 5.28. The van der Waals surface area contributed by atoms with Gasteiger partial charge in [-0.25, -0.2) is 9.59 Å². The zero-order valence-corrected chi connectivity index (χ0v) is 17.1. The first-order valence-corrected chi connectivity index (χ1v) is 9.78. The van der Waals surface area contributed by atoms with Crippen LogP contribution in [0.2, 0.25) is 0 Å². The molecule has 0 spiro atoms. The van der Waals surface area contributed by atoms with Crippen molar-refractivity contribution in [1.29, 1.82) is 0 Å². The third-order valence-electron chi connectivity index (χ3n) is 4.77. The summed E-state index contributed by atoms with van der Waals surface area (Å²) in [4.78, 5) is 60.6. The second-order valence-electron chi connectivity index (χ2n) is 7.19. The molecule has 1 fully saturated rings. The van der Waals surface area contributed by atoms with Gasteiger partial charge in [-0.1, -0.05) is 30.3 Å². The number of rotatable bonds is 9. The minimum absolute atomic E-state index is 0.0692. The van der Waals surface area contributed by atoms with Crippen LogP contribution in [0.4, 0.5) is 4.79 Å². The lowest BCUT2D eigenvalue weighted by Crippen LogP contribution is -2.54. The lowest BCUT2D eigenvalue weighted by atomic mass is 10.1. The Bertz CT molecular complexity index is 830. The highest BCUT2D eigenvalue weighted by atomic mass is 16.6. The molecule has 0 aliphatic carbocycles. The topological polar surface area (TPSA) is 168 Å². The number of benzene rings is 1. The second kappa shape index (κ2) is 11.0. The quantitative estimate of drug-likeness (QED) is 0.415. The number of primary amides is 1. The highest BCUT2D eigenvalue weighted by Crippen LogP contribution is 2.19. The molecule has 31 heavy (non-hydrogen) atoms. The Morgan fingerprint density at radius 1 is 1.19 bits per heavy atom. The fourth-order valence-corrected chi connectivity index (χ4v) is 3.13. The Hall–Kier alpha value is -3.63. The van der Waals surface area contributed by atoms with E-state index in [4.69, 9.17) is 15.6 Å². The number of aliphatic carboxylic acids is 1. The molecule has 11 heteroatoms. The average molecular weight is 434 g/mol. The van der Waals surface area contributed by atoms with Crippen LogP contribution in [0.15, 0.2) is 30.3 Å². The molecule has 5 N–H and O–H groups in total. The molecule has 11 nitrogen and oxygen atoms in total. The molecule has 0 radical (unpaired) electrons. The third-order valence-corrected chi connectivity index (χ3v) is 4.77. The molecular formula is C20H26N4O7. The van der Waals surface area contributed by atoms with Crippen molar-refractivity contribution in [3.05, 3.63) is 35.9 Å². The largest absolute Gasteiger partial charge is 0.480 e. The van der Waals surface area contributed by atoms with E-state index in [1.165, 1.54) is 11.8 Å². The summed E-state index contributed by atoms with van der Waals surface area (Å²) in [5.74, 6) is -3.66. The fraction of sp³-hybridized carbons (Fsp3) is 0.450. The van der Waals surface area contributed by atoms with Crippen molar-refractivity contribution < 1.29 is 33.8 Å². The summed E-state index contributed by atoms with van der Waals surface area (Å²) in [6, 6.07) is 5.70. The van der Waals surface area contributed by atoms with Crippen molar-refractivity contribution in [1.82, 2.24) is 15.5 Å². The van der Waals surface area contributed by atoms with Gasteiger partial charge < -0.3 is 26.2 Å². The van der Waals surface area contributed by atoms with Gasteiger partial charge in [-0.15, -0.1) is 0 Å². The number of amides is 4. The Labute approximate surface area is 178 Å². The lowest BCUT2D eigenvalue weighted by Gasteiger charge is -2.25. The zero-order valence-electron chi connectivity index (χ0n) is 17.1. The maximum absolute atomic E-state index is 12.6. The first kappa shape index (κ1) is 23.6. The van der Waals surface area contributed by atoms with Gasteiger partial charge in [0.15, 0.2) is 0 Å². The zero-order chi connectivity index (χ0) is 23.0. The first-order chi connectivity index (χ1) is 14.7. The van der Waals surface area contributed by atoms with E-state index in [1.807, 2.05) is 30.3 Å². The SMILES string of the molecule is C[C@H](NC(=O)[C@@H]1CCCN1C(=O)OCc1ccccc1)C(=O)N[C@@H](CC(N)=O)C(=O)O. The molecule has 1 aromatic carbocycles. The number of carboxylic acids is 1. The van der Waals surface area contributed by atoms with Crippen molar-refractivity contribution >= 4 is 29.8 Å². The molecule has 168 valence electrons. The molecule has 1 heterocycles. The van der Waals surface area contributed by atoms with Crippen LogP contribution in [0.5, 0.6) is 0 Å². The second-order valence-corrected chi connectivity index (χ2v) is 7.19. The van der Waals surface area contributed by atoms with Crippen molar-refractivity contribution in [3.63, 3.8) is 0 Å². The minimum atomic E-state index is -1.50. The van der Waals surface area contributed by atoms with E-state index in [-0.39, 0.29) is 6.61 Å². The number of carboxylic acid groups (broad SMARTS) is 1. The van der Waals surface area contributed by atoms with E-state index in [9.17, 15) is 24.0 Å². The summed E-state index contributed by atoms with van der Waals surface area (Å²) in [6.45, 7) is 1.77. The van der Waals surface area contributed by atoms with E-state index in [0.717, 1.165) is 5.56 Å². The highest BCUT2D eigenvalue weighted by molar-refractivity contribution is 5.93. The number of nitrogens with zero attached hydrogens (tertiary/aromatic N) is 1. The van der Waals surface area contributed by atoms with Crippen LogP contribution in [0.1, 0.15) is 31.7 Å². The lowest BCUT2D eigenvalue weighted by molar-refractivity contribution is -0.143. The Morgan fingerprint density at radius 3 is 2.48 bits per heavy atom. The van der Waals surface area contributed by atoms with Gasteiger partial charge >= 0.3 is 12.1 Å². The Morgan fingerprint density at radius 2 is 1.87 bits per heavy atom. The predicted octanol–water partition coefficient (Wildman–Crippen LogP) is -0.263. The standard InChI is InChI=1S/C20H26N4O7/c1-12(17(26)23-14(19(28)29)10-16(21)25)22-18(27)15-8-5-9-24(15)20(30)31-11-13-6-3-2-4-7-13/h2-4,6-7,12,14-15H,5,8-11H2,1H3,(H2,21,25)(H,22,27)(H,23,26)(H,28,29)/t12-,14-,15-/m0/s1. The summed E-state index contributed by atoms with van der Waals surface area (Å²) in [5.41, 5.74) is 5.79. The van der Waals surface area contributed by atoms with Crippen LogP contribution in [-0.2, 0) is 30.5 Å². The van der Waals surface area contributed by atoms with Crippen LogP contribution in [-0.4, -0.2) is 64.5 Å². The van der Waals surface area contributed by atoms with Crippen molar-refractivity contribution in [2.45, 2.75) is 50.9 Å². The maximum Gasteiger partial charge on any atom is 0.410 e. The summed E-state index contributed by atoms with van der Waals surface area (Å²) in [7, 11) is 0. The van der Waals surface area contributed by atoms with Gasteiger partial charge in [0.1, 0.15) is 24.7 Å². The Balaban J connectivity index is 1.90. The van der Waals surface area contributed by atoms with Gasteiger partial charge in [0.2, 0.25) is 17.7 Å². The van der Waals surface area contributed by atoms with Crippen LogP contribution < -0.4 is 16.4 Å². The van der Waals surface area contributed by atoms with Gasteiger partial charge in [-0.3, -0.25) is 19.3 Å². The summed E-state index contributed by atoms with van der Waals surface area (Å²) in [5, 5.41) is 13.7. The number of nitrogens with one attached hydrogen (secondary N) is 2. The molecule has 0 unspecified atom stereocenters. The van der Waals surface area contributed by atoms with Crippen molar-refractivity contribution in [3.8, 4) is 0 Å². The number of hydrogen-bond acceptors (Lipinski definition) is 6. The monoisotopic (exact) mass is 434 g/mol. The number of likely N-dealkylation sites (tertiary alicyclic amines) is 1. The van der Waals surface area contributed by atoms with E-state index < -0.39 is 54.3 Å². The molecule has 3 atom stereocenters. The number of ether oxygens (including phenoxy) is 1. The third kappa shape index (κ3) is 6.98. The molecule has 1 aromatic rings. The Kier molecular flexibility index (Phi) is 8.35. The van der Waals surface area contributed by atoms with E-state index >= 15 is 0 Å². The van der Waals surface area contributed by atoms with Crippen LogP contribution in [0.25, 0.3) is 0 Å². The van der Waals surface area contributed by atoms with Gasteiger partial charge in [0, 0.05) is 6.54 Å². The van der Waals surface area contributed by atoms with E-state index in [0.29, 0.717) is 19.4 Å². The van der Waals surface area contributed by atoms with Gasteiger partial charge in [-0.2, -0.15) is 0 Å². The maximum atomic E-state index is 12.6. The van der Waals surface area contributed by atoms with Crippen molar-refractivity contribution in [2.75, 3.05) is 6.54 Å². The molecule has 1 saturated heterocycles. The number of nitrogens with two attached hydrogens (primary N) is 1. The fourth-order valence-electron chi connectivity index (χ4n) is 3.13. The molecule has 0 bridgehead atoms. The molecular weight excluding hydrogens is 408 g/mol. The summed E-state index contributed by atoms with van der Waals surface area (Å²) in [6.07, 6.45) is -0.212. The molecule has 4 amide bonds. The van der Waals surface area contributed by atoms with E-state index in [2.05, 4.69) is 10.6 Å². The number of carbonyl (C=O) groups excluding carboxylic acids is 4. The smallest absolute Gasteiger partial charge is 0.410 e. The molecule has 1 aliphatic heterocycles. The molecule has 2 rings (SSSR count). The van der Waals surface area contributed by atoms with Gasteiger partial charge in [0.05, 0.1) is 6.42 Å². The first-order valence-electron chi connectivity index (χ1n) is 9.78. The molecule has 0 aromatic heterocycles. The molecule has 0 saturated carbocycles. The van der Waals surface area contributed by atoms with Crippen LogP contribution in [0.3, 0.4) is 0 Å². The predicted molar refractivity (Wildman–Crippen MR) is 107 cm³/mol. The van der Waals surface area contributed by atoms with Gasteiger partial charge in [-0.05, 0) is 25.3 Å². The molecule has 1 aliphatic rings. The normalized spacial score (nSPS) is 17.3. The van der Waals surface area contributed by atoms with Crippen LogP contribution >= 0.6 is 0 Å².